The normalized spacial score (nSPS) is 10.2. The van der Waals surface area contributed by atoms with E-state index in [9.17, 15) is 9.90 Å². The van der Waals surface area contributed by atoms with E-state index in [2.05, 4.69) is 10.3 Å². The summed E-state index contributed by atoms with van der Waals surface area (Å²) >= 11 is 5.88. The number of aromatic nitrogens is 1. The Labute approximate surface area is 116 Å². The van der Waals surface area contributed by atoms with Gasteiger partial charge in [-0.05, 0) is 30.2 Å². The minimum atomic E-state index is -0.318. The minimum absolute atomic E-state index is 0.122. The summed E-state index contributed by atoms with van der Waals surface area (Å²) < 4.78 is 0. The Morgan fingerprint density at radius 1 is 1.37 bits per heavy atom. The van der Waals surface area contributed by atoms with Crippen molar-refractivity contribution in [2.75, 3.05) is 6.54 Å². The maximum atomic E-state index is 11.8. The lowest BCUT2D eigenvalue weighted by atomic mass is 10.1. The lowest BCUT2D eigenvalue weighted by Crippen LogP contribution is -2.25. The van der Waals surface area contributed by atoms with Crippen molar-refractivity contribution in [3.63, 3.8) is 0 Å². The van der Waals surface area contributed by atoms with Gasteiger partial charge >= 0.3 is 0 Å². The molecule has 0 fully saturated rings. The van der Waals surface area contributed by atoms with Crippen LogP contribution in [0.3, 0.4) is 0 Å². The second-order valence-corrected chi connectivity index (χ2v) is 4.47. The fourth-order valence-corrected chi connectivity index (χ4v) is 1.90. The van der Waals surface area contributed by atoms with Crippen LogP contribution in [0.4, 0.5) is 0 Å². The fourth-order valence-electron chi connectivity index (χ4n) is 1.69. The average Bonchev–Trinajstić information content (AvgIpc) is 2.39. The van der Waals surface area contributed by atoms with Crippen molar-refractivity contribution < 1.29 is 9.90 Å². The highest BCUT2D eigenvalue weighted by Crippen LogP contribution is 2.13. The molecular weight excluding hydrogens is 264 g/mol. The molecule has 98 valence electrons. The summed E-state index contributed by atoms with van der Waals surface area (Å²) in [6.07, 6.45) is 3.38. The predicted molar refractivity (Wildman–Crippen MR) is 73.4 cm³/mol. The molecule has 1 heterocycles. The molecule has 0 aliphatic rings. The van der Waals surface area contributed by atoms with Gasteiger partial charge in [-0.2, -0.15) is 0 Å². The van der Waals surface area contributed by atoms with E-state index in [0.29, 0.717) is 18.0 Å². The summed E-state index contributed by atoms with van der Waals surface area (Å²) in [5.74, 6) is -0.440. The van der Waals surface area contributed by atoms with Crippen molar-refractivity contribution in [2.45, 2.75) is 6.42 Å². The molecule has 2 aromatic rings. The lowest BCUT2D eigenvalue weighted by Gasteiger charge is -2.06. The van der Waals surface area contributed by atoms with Crippen LogP contribution in [0, 0.1) is 0 Å². The van der Waals surface area contributed by atoms with Crippen molar-refractivity contribution in [1.29, 1.82) is 0 Å². The molecule has 0 saturated carbocycles. The quantitative estimate of drug-likeness (QED) is 0.901. The minimum Gasteiger partial charge on any atom is -0.505 e. The van der Waals surface area contributed by atoms with E-state index in [1.165, 1.54) is 18.5 Å². The second kappa shape index (κ2) is 6.20. The molecule has 0 aliphatic heterocycles. The molecule has 4 nitrogen and oxygen atoms in total. The van der Waals surface area contributed by atoms with Crippen LogP contribution in [0.2, 0.25) is 5.02 Å². The molecule has 2 rings (SSSR count). The molecule has 2 N–H and O–H groups in total. The van der Waals surface area contributed by atoms with Crippen LogP contribution in [0.15, 0.2) is 42.7 Å². The van der Waals surface area contributed by atoms with E-state index in [0.717, 1.165) is 5.56 Å². The van der Waals surface area contributed by atoms with Crippen LogP contribution in [-0.2, 0) is 6.42 Å². The van der Waals surface area contributed by atoms with Crippen molar-refractivity contribution in [3.05, 3.63) is 58.9 Å². The molecule has 1 amide bonds. The summed E-state index contributed by atoms with van der Waals surface area (Å²) in [6, 6.07) is 8.95. The van der Waals surface area contributed by atoms with Crippen LogP contribution < -0.4 is 5.32 Å². The molecule has 0 saturated heterocycles. The van der Waals surface area contributed by atoms with E-state index in [4.69, 9.17) is 11.6 Å². The van der Waals surface area contributed by atoms with Gasteiger partial charge in [0.05, 0.1) is 11.8 Å². The number of amides is 1. The third kappa shape index (κ3) is 3.69. The first kappa shape index (κ1) is 13.4. The van der Waals surface area contributed by atoms with Crippen molar-refractivity contribution in [2.24, 2.45) is 0 Å². The van der Waals surface area contributed by atoms with E-state index in [1.54, 1.807) is 6.07 Å². The number of carbonyl (C=O) groups is 1. The topological polar surface area (TPSA) is 62.2 Å². The molecule has 1 aromatic carbocycles. The number of hydrogen-bond acceptors (Lipinski definition) is 3. The van der Waals surface area contributed by atoms with E-state index < -0.39 is 0 Å². The molecule has 19 heavy (non-hydrogen) atoms. The number of nitrogens with zero attached hydrogens (tertiary/aromatic N) is 1. The second-order valence-electron chi connectivity index (χ2n) is 4.03. The van der Waals surface area contributed by atoms with Crippen LogP contribution in [0.25, 0.3) is 0 Å². The summed E-state index contributed by atoms with van der Waals surface area (Å²) in [5.41, 5.74) is 1.27. The zero-order valence-electron chi connectivity index (χ0n) is 10.1. The number of carbonyl (C=O) groups excluding carboxylic acids is 1. The Hall–Kier alpha value is -2.07. The van der Waals surface area contributed by atoms with E-state index in [1.807, 2.05) is 18.2 Å². The number of halogens is 1. The lowest BCUT2D eigenvalue weighted by molar-refractivity contribution is 0.0951. The Morgan fingerprint density at radius 3 is 2.95 bits per heavy atom. The highest BCUT2D eigenvalue weighted by Gasteiger charge is 2.09. The monoisotopic (exact) mass is 276 g/mol. The van der Waals surface area contributed by atoms with Gasteiger partial charge in [0, 0.05) is 17.8 Å². The maximum Gasteiger partial charge on any atom is 0.255 e. The van der Waals surface area contributed by atoms with Crippen LogP contribution in [0.1, 0.15) is 15.9 Å². The van der Waals surface area contributed by atoms with Gasteiger partial charge in [0.15, 0.2) is 0 Å². The van der Waals surface area contributed by atoms with Gasteiger partial charge in [0.2, 0.25) is 0 Å². The molecule has 0 aliphatic carbocycles. The molecule has 0 bridgehead atoms. The zero-order chi connectivity index (χ0) is 13.7. The average molecular weight is 277 g/mol. The first-order valence-electron chi connectivity index (χ1n) is 5.82. The van der Waals surface area contributed by atoms with Crippen molar-refractivity contribution in [1.82, 2.24) is 10.3 Å². The number of pyridine rings is 1. The molecule has 0 radical (unpaired) electrons. The number of rotatable bonds is 4. The number of hydrogen-bond donors (Lipinski definition) is 2. The van der Waals surface area contributed by atoms with Gasteiger partial charge in [0.1, 0.15) is 5.75 Å². The number of nitrogens with one attached hydrogen (secondary N) is 1. The summed E-state index contributed by atoms with van der Waals surface area (Å²) in [4.78, 5) is 15.5. The van der Waals surface area contributed by atoms with Crippen molar-refractivity contribution in [3.8, 4) is 5.75 Å². The van der Waals surface area contributed by atoms with Crippen LogP contribution >= 0.6 is 11.6 Å². The van der Waals surface area contributed by atoms with Gasteiger partial charge < -0.3 is 10.4 Å². The highest BCUT2D eigenvalue weighted by molar-refractivity contribution is 6.30. The predicted octanol–water partition coefficient (Wildman–Crippen LogP) is 2.41. The van der Waals surface area contributed by atoms with Gasteiger partial charge in [-0.25, -0.2) is 0 Å². The van der Waals surface area contributed by atoms with Gasteiger partial charge in [-0.1, -0.05) is 23.7 Å². The highest BCUT2D eigenvalue weighted by atomic mass is 35.5. The zero-order valence-corrected chi connectivity index (χ0v) is 10.9. The number of benzene rings is 1. The van der Waals surface area contributed by atoms with Crippen molar-refractivity contribution >= 4 is 17.5 Å². The molecule has 0 spiro atoms. The summed E-state index contributed by atoms with van der Waals surface area (Å²) in [5, 5.41) is 12.9. The standard InChI is InChI=1S/C14H13ClN2O2/c15-11-3-1-2-10(8-11)4-7-17-14(19)12-5-6-16-9-13(12)18/h1-3,5-6,8-9,18H,4,7H2,(H,17,19). The Bertz CT molecular complexity index is 587. The summed E-state index contributed by atoms with van der Waals surface area (Å²) in [7, 11) is 0. The van der Waals surface area contributed by atoms with Gasteiger partial charge in [0.25, 0.3) is 5.91 Å². The van der Waals surface area contributed by atoms with E-state index in [-0.39, 0.29) is 17.2 Å². The molecule has 0 unspecified atom stereocenters. The maximum absolute atomic E-state index is 11.8. The third-order valence-electron chi connectivity index (χ3n) is 2.63. The molecule has 5 heteroatoms. The third-order valence-corrected chi connectivity index (χ3v) is 2.87. The molecule has 0 atom stereocenters. The Morgan fingerprint density at radius 2 is 2.21 bits per heavy atom. The van der Waals surface area contributed by atoms with Crippen LogP contribution in [-0.4, -0.2) is 22.5 Å². The largest absolute Gasteiger partial charge is 0.505 e. The van der Waals surface area contributed by atoms with Gasteiger partial charge in [-0.3, -0.25) is 9.78 Å². The Balaban J connectivity index is 1.90. The first-order chi connectivity index (χ1) is 9.16. The fraction of sp³-hybridized carbons (Fsp3) is 0.143. The van der Waals surface area contributed by atoms with Gasteiger partial charge in [-0.15, -0.1) is 0 Å². The number of aromatic hydroxyl groups is 1. The van der Waals surface area contributed by atoms with E-state index >= 15 is 0 Å². The summed E-state index contributed by atoms with van der Waals surface area (Å²) in [6.45, 7) is 0.473. The molecular formula is C14H13ClN2O2. The SMILES string of the molecule is O=C(NCCc1cccc(Cl)c1)c1ccncc1O. The molecule has 1 aromatic heterocycles. The smallest absolute Gasteiger partial charge is 0.255 e. The first-order valence-corrected chi connectivity index (χ1v) is 6.20. The van der Waals surface area contributed by atoms with Crippen LogP contribution in [0.5, 0.6) is 5.75 Å². The Kier molecular flexibility index (Phi) is 4.36.